The van der Waals surface area contributed by atoms with Crippen LogP contribution in [0.5, 0.6) is 5.75 Å². The van der Waals surface area contributed by atoms with E-state index in [0.717, 1.165) is 25.3 Å². The third kappa shape index (κ3) is 2.61. The number of nitrogens with zero attached hydrogens (tertiary/aromatic N) is 1. The summed E-state index contributed by atoms with van der Waals surface area (Å²) in [6.07, 6.45) is 1.15. The quantitative estimate of drug-likeness (QED) is 0.871. The average Bonchev–Trinajstić information content (AvgIpc) is 2.47. The van der Waals surface area contributed by atoms with Crippen LogP contribution in [0, 0.1) is 0 Å². The lowest BCUT2D eigenvalue weighted by Crippen LogP contribution is -2.49. The topological polar surface area (TPSA) is 24.5 Å². The van der Waals surface area contributed by atoms with Crippen molar-refractivity contribution in [3.8, 4) is 5.75 Å². The van der Waals surface area contributed by atoms with Gasteiger partial charge in [0.15, 0.2) is 0 Å². The standard InChI is InChI=1S/C15H24N2O/c1-12-11-16-9-8-15(2,3)17(12)13-6-5-7-14(10-13)18-4/h5-7,10,12,16H,8-9,11H2,1-4H3. The fourth-order valence-electron chi connectivity index (χ4n) is 2.88. The van der Waals surface area contributed by atoms with Crippen molar-refractivity contribution < 1.29 is 4.74 Å². The number of ether oxygens (including phenoxy) is 1. The van der Waals surface area contributed by atoms with Gasteiger partial charge in [0, 0.05) is 29.9 Å². The maximum atomic E-state index is 5.34. The highest BCUT2D eigenvalue weighted by Gasteiger charge is 2.32. The highest BCUT2D eigenvalue weighted by Crippen LogP contribution is 2.32. The minimum absolute atomic E-state index is 0.162. The van der Waals surface area contributed by atoms with Crippen molar-refractivity contribution in [3.63, 3.8) is 0 Å². The fraction of sp³-hybridized carbons (Fsp3) is 0.600. The van der Waals surface area contributed by atoms with E-state index in [4.69, 9.17) is 4.74 Å². The fourth-order valence-corrected chi connectivity index (χ4v) is 2.88. The molecule has 3 nitrogen and oxygen atoms in total. The Kier molecular flexibility index (Phi) is 3.81. The Hall–Kier alpha value is -1.22. The van der Waals surface area contributed by atoms with Gasteiger partial charge in [-0.3, -0.25) is 0 Å². The molecule has 0 amide bonds. The van der Waals surface area contributed by atoms with E-state index in [1.54, 1.807) is 7.11 Å². The van der Waals surface area contributed by atoms with Gasteiger partial charge in [-0.25, -0.2) is 0 Å². The van der Waals surface area contributed by atoms with Gasteiger partial charge < -0.3 is 15.0 Å². The van der Waals surface area contributed by atoms with Crippen molar-refractivity contribution in [2.45, 2.75) is 38.8 Å². The van der Waals surface area contributed by atoms with Gasteiger partial charge in [0.1, 0.15) is 5.75 Å². The van der Waals surface area contributed by atoms with Gasteiger partial charge in [-0.1, -0.05) is 6.07 Å². The summed E-state index contributed by atoms with van der Waals surface area (Å²) in [5, 5.41) is 3.51. The molecule has 1 unspecified atom stereocenters. The lowest BCUT2D eigenvalue weighted by atomic mass is 9.96. The summed E-state index contributed by atoms with van der Waals surface area (Å²) < 4.78 is 5.34. The van der Waals surface area contributed by atoms with Crippen LogP contribution in [-0.2, 0) is 0 Å². The summed E-state index contributed by atoms with van der Waals surface area (Å²) >= 11 is 0. The predicted octanol–water partition coefficient (Wildman–Crippen LogP) is 2.66. The Labute approximate surface area is 110 Å². The molecule has 0 spiro atoms. The van der Waals surface area contributed by atoms with Crippen LogP contribution in [0.1, 0.15) is 27.2 Å². The molecule has 18 heavy (non-hydrogen) atoms. The normalized spacial score (nSPS) is 23.6. The van der Waals surface area contributed by atoms with Crippen molar-refractivity contribution in [1.29, 1.82) is 0 Å². The highest BCUT2D eigenvalue weighted by atomic mass is 16.5. The minimum atomic E-state index is 0.162. The monoisotopic (exact) mass is 248 g/mol. The van der Waals surface area contributed by atoms with Gasteiger partial charge in [-0.2, -0.15) is 0 Å². The van der Waals surface area contributed by atoms with E-state index >= 15 is 0 Å². The molecule has 0 bridgehead atoms. The van der Waals surface area contributed by atoms with Crippen LogP contribution in [0.4, 0.5) is 5.69 Å². The number of anilines is 1. The van der Waals surface area contributed by atoms with Crippen molar-refractivity contribution in [3.05, 3.63) is 24.3 Å². The first-order chi connectivity index (χ1) is 8.54. The van der Waals surface area contributed by atoms with Crippen molar-refractivity contribution in [2.24, 2.45) is 0 Å². The molecule has 0 aromatic heterocycles. The molecular formula is C15H24N2O. The number of benzene rings is 1. The van der Waals surface area contributed by atoms with E-state index in [1.165, 1.54) is 5.69 Å². The van der Waals surface area contributed by atoms with E-state index < -0.39 is 0 Å². The third-order valence-electron chi connectivity index (χ3n) is 3.78. The van der Waals surface area contributed by atoms with E-state index in [0.29, 0.717) is 6.04 Å². The molecule has 0 radical (unpaired) electrons. The second-order valence-electron chi connectivity index (χ2n) is 5.69. The first-order valence-corrected chi connectivity index (χ1v) is 6.69. The maximum Gasteiger partial charge on any atom is 0.120 e. The molecule has 1 saturated heterocycles. The summed E-state index contributed by atoms with van der Waals surface area (Å²) in [4.78, 5) is 2.51. The second-order valence-corrected chi connectivity index (χ2v) is 5.69. The van der Waals surface area contributed by atoms with Crippen LogP contribution in [0.15, 0.2) is 24.3 Å². The smallest absolute Gasteiger partial charge is 0.120 e. The zero-order valence-corrected chi connectivity index (χ0v) is 11.9. The molecular weight excluding hydrogens is 224 g/mol. The van der Waals surface area contributed by atoms with Gasteiger partial charge in [0.25, 0.3) is 0 Å². The van der Waals surface area contributed by atoms with Crippen molar-refractivity contribution in [2.75, 3.05) is 25.1 Å². The minimum Gasteiger partial charge on any atom is -0.497 e. The number of rotatable bonds is 2. The van der Waals surface area contributed by atoms with Gasteiger partial charge in [-0.15, -0.1) is 0 Å². The molecule has 1 aromatic carbocycles. The molecule has 1 N–H and O–H groups in total. The van der Waals surface area contributed by atoms with Crippen LogP contribution in [-0.4, -0.2) is 31.8 Å². The van der Waals surface area contributed by atoms with Gasteiger partial charge >= 0.3 is 0 Å². The first-order valence-electron chi connectivity index (χ1n) is 6.69. The molecule has 1 heterocycles. The van der Waals surface area contributed by atoms with Gasteiger partial charge in [-0.05, 0) is 45.9 Å². The average molecular weight is 248 g/mol. The third-order valence-corrected chi connectivity index (χ3v) is 3.78. The largest absolute Gasteiger partial charge is 0.497 e. The van der Waals surface area contributed by atoms with E-state index in [9.17, 15) is 0 Å². The second kappa shape index (κ2) is 5.19. The number of hydrogen-bond donors (Lipinski definition) is 1. The van der Waals surface area contributed by atoms with Crippen LogP contribution in [0.25, 0.3) is 0 Å². The predicted molar refractivity (Wildman–Crippen MR) is 76.5 cm³/mol. The number of nitrogens with one attached hydrogen (secondary N) is 1. The zero-order chi connectivity index (χ0) is 13.2. The molecule has 1 aromatic rings. The molecule has 1 aliphatic rings. The molecule has 1 aliphatic heterocycles. The molecule has 1 atom stereocenters. The number of methoxy groups -OCH3 is 1. The molecule has 1 fully saturated rings. The molecule has 3 heteroatoms. The van der Waals surface area contributed by atoms with E-state index in [-0.39, 0.29) is 5.54 Å². The Balaban J connectivity index is 2.37. The van der Waals surface area contributed by atoms with E-state index in [1.807, 2.05) is 6.07 Å². The highest BCUT2D eigenvalue weighted by molar-refractivity contribution is 5.53. The maximum absolute atomic E-state index is 5.34. The van der Waals surface area contributed by atoms with Crippen LogP contribution in [0.2, 0.25) is 0 Å². The Bertz CT molecular complexity index is 403. The lowest BCUT2D eigenvalue weighted by molar-refractivity contribution is 0.409. The molecule has 2 rings (SSSR count). The van der Waals surface area contributed by atoms with Crippen molar-refractivity contribution in [1.82, 2.24) is 5.32 Å². The molecule has 0 aliphatic carbocycles. The summed E-state index contributed by atoms with van der Waals surface area (Å²) in [6.45, 7) is 9.02. The van der Waals surface area contributed by atoms with E-state index in [2.05, 4.69) is 49.2 Å². The lowest BCUT2D eigenvalue weighted by Gasteiger charge is -2.42. The summed E-state index contributed by atoms with van der Waals surface area (Å²) in [6, 6.07) is 8.84. The Morgan fingerprint density at radius 2 is 2.17 bits per heavy atom. The van der Waals surface area contributed by atoms with Gasteiger partial charge in [0.05, 0.1) is 7.11 Å². The van der Waals surface area contributed by atoms with Crippen LogP contribution >= 0.6 is 0 Å². The Morgan fingerprint density at radius 3 is 2.89 bits per heavy atom. The van der Waals surface area contributed by atoms with Crippen molar-refractivity contribution >= 4 is 5.69 Å². The zero-order valence-electron chi connectivity index (χ0n) is 11.9. The number of hydrogen-bond acceptors (Lipinski definition) is 3. The van der Waals surface area contributed by atoms with Gasteiger partial charge in [0.2, 0.25) is 0 Å². The summed E-state index contributed by atoms with van der Waals surface area (Å²) in [5.74, 6) is 0.924. The molecule has 0 saturated carbocycles. The SMILES string of the molecule is COc1cccc(N2C(C)CNCCC2(C)C)c1. The van der Waals surface area contributed by atoms with Crippen LogP contribution in [0.3, 0.4) is 0 Å². The Morgan fingerprint density at radius 1 is 1.39 bits per heavy atom. The summed E-state index contributed by atoms with van der Waals surface area (Å²) in [7, 11) is 1.72. The molecule has 100 valence electrons. The first kappa shape index (κ1) is 13.2. The van der Waals surface area contributed by atoms with Crippen LogP contribution < -0.4 is 15.0 Å². The summed E-state index contributed by atoms with van der Waals surface area (Å²) in [5.41, 5.74) is 1.41.